The zero-order chi connectivity index (χ0) is 20.9. The molecule has 0 bridgehead atoms. The molecule has 9 heteroatoms. The Morgan fingerprint density at radius 2 is 1.70 bits per heavy atom. The second-order valence-corrected chi connectivity index (χ2v) is 7.39. The van der Waals surface area contributed by atoms with Crippen LogP contribution in [0, 0.1) is 0 Å². The summed E-state index contributed by atoms with van der Waals surface area (Å²) < 4.78 is 0. The molecule has 0 atom stereocenters. The van der Waals surface area contributed by atoms with Crippen molar-refractivity contribution in [2.45, 2.75) is 6.92 Å². The highest BCUT2D eigenvalue weighted by molar-refractivity contribution is 6.30. The van der Waals surface area contributed by atoms with Crippen molar-refractivity contribution in [3.8, 4) is 0 Å². The molecule has 0 unspecified atom stereocenters. The number of hydrogen-bond donors (Lipinski definition) is 2. The van der Waals surface area contributed by atoms with Crippen LogP contribution in [0.2, 0.25) is 5.02 Å². The molecule has 1 aliphatic rings. The number of hydrogen-bond acceptors (Lipinski definition) is 7. The van der Waals surface area contributed by atoms with Crippen LogP contribution >= 0.6 is 11.6 Å². The van der Waals surface area contributed by atoms with Crippen molar-refractivity contribution in [1.29, 1.82) is 0 Å². The molecule has 2 aromatic carbocycles. The number of carbonyl (C=O) groups is 1. The summed E-state index contributed by atoms with van der Waals surface area (Å²) in [5.41, 5.74) is 2.61. The van der Waals surface area contributed by atoms with Gasteiger partial charge in [-0.15, -0.1) is 0 Å². The van der Waals surface area contributed by atoms with Gasteiger partial charge in [-0.25, -0.2) is 9.97 Å². The molecule has 2 heterocycles. The Bertz CT molecular complexity index is 1040. The molecule has 0 radical (unpaired) electrons. The number of aromatic nitrogens is 3. The van der Waals surface area contributed by atoms with E-state index in [1.165, 1.54) is 13.3 Å². The normalized spacial score (nSPS) is 13.8. The van der Waals surface area contributed by atoms with Crippen molar-refractivity contribution >= 4 is 46.5 Å². The van der Waals surface area contributed by atoms with Crippen molar-refractivity contribution in [3.63, 3.8) is 0 Å². The number of halogens is 1. The van der Waals surface area contributed by atoms with E-state index in [2.05, 4.69) is 41.5 Å². The minimum Gasteiger partial charge on any atom is -0.368 e. The SMILES string of the molecule is CC(=O)Nc1cccc(Nc2ncnc(N3CCN(c4cccc(Cl)c4)CC3)n2)c1. The van der Waals surface area contributed by atoms with Crippen LogP contribution in [0.3, 0.4) is 0 Å². The smallest absolute Gasteiger partial charge is 0.231 e. The second-order valence-electron chi connectivity index (χ2n) is 6.95. The monoisotopic (exact) mass is 423 g/mol. The number of carbonyl (C=O) groups excluding carboxylic acids is 1. The number of benzene rings is 2. The molecule has 1 fully saturated rings. The first kappa shape index (κ1) is 19.9. The van der Waals surface area contributed by atoms with Crippen LogP contribution in [0.5, 0.6) is 0 Å². The molecule has 30 heavy (non-hydrogen) atoms. The van der Waals surface area contributed by atoms with Gasteiger partial charge in [0.05, 0.1) is 0 Å². The fourth-order valence-electron chi connectivity index (χ4n) is 3.34. The summed E-state index contributed by atoms with van der Waals surface area (Å²) in [4.78, 5) is 28.8. The van der Waals surface area contributed by atoms with E-state index in [1.54, 1.807) is 0 Å². The molecule has 1 amide bonds. The molecule has 2 N–H and O–H groups in total. The maximum atomic E-state index is 11.3. The van der Waals surface area contributed by atoms with Gasteiger partial charge in [0.1, 0.15) is 6.33 Å². The van der Waals surface area contributed by atoms with E-state index in [4.69, 9.17) is 11.6 Å². The quantitative estimate of drug-likeness (QED) is 0.648. The molecular formula is C21H22ClN7O. The lowest BCUT2D eigenvalue weighted by atomic mass is 10.2. The van der Waals surface area contributed by atoms with Gasteiger partial charge in [-0.1, -0.05) is 23.7 Å². The third kappa shape index (κ3) is 4.96. The van der Waals surface area contributed by atoms with Crippen molar-refractivity contribution in [2.24, 2.45) is 0 Å². The Morgan fingerprint density at radius 1 is 0.967 bits per heavy atom. The predicted molar refractivity (Wildman–Crippen MR) is 120 cm³/mol. The van der Waals surface area contributed by atoms with Crippen molar-refractivity contribution in [1.82, 2.24) is 15.0 Å². The molecule has 0 aliphatic carbocycles. The summed E-state index contributed by atoms with van der Waals surface area (Å²) >= 11 is 6.12. The van der Waals surface area contributed by atoms with Crippen LogP contribution < -0.4 is 20.4 Å². The molecule has 1 saturated heterocycles. The number of amides is 1. The van der Waals surface area contributed by atoms with Crippen LogP contribution in [-0.4, -0.2) is 47.0 Å². The number of piperazine rings is 1. The van der Waals surface area contributed by atoms with E-state index in [9.17, 15) is 4.79 Å². The van der Waals surface area contributed by atoms with E-state index in [1.807, 2.05) is 42.5 Å². The fraction of sp³-hybridized carbons (Fsp3) is 0.238. The van der Waals surface area contributed by atoms with Crippen LogP contribution in [0.25, 0.3) is 0 Å². The number of rotatable bonds is 5. The molecule has 3 aromatic rings. The number of nitrogens with zero attached hydrogens (tertiary/aromatic N) is 5. The minimum atomic E-state index is -0.119. The lowest BCUT2D eigenvalue weighted by Crippen LogP contribution is -2.47. The summed E-state index contributed by atoms with van der Waals surface area (Å²) in [5, 5.41) is 6.68. The van der Waals surface area contributed by atoms with Crippen molar-refractivity contribution in [3.05, 3.63) is 59.9 Å². The number of nitrogens with one attached hydrogen (secondary N) is 2. The van der Waals surface area contributed by atoms with Crippen molar-refractivity contribution in [2.75, 3.05) is 46.6 Å². The van der Waals surface area contributed by atoms with Gasteiger partial charge in [0.25, 0.3) is 0 Å². The summed E-state index contributed by atoms with van der Waals surface area (Å²) in [7, 11) is 0. The van der Waals surface area contributed by atoms with Gasteiger partial charge in [0, 0.05) is 55.2 Å². The van der Waals surface area contributed by atoms with Crippen LogP contribution in [-0.2, 0) is 4.79 Å². The molecule has 4 rings (SSSR count). The van der Waals surface area contributed by atoms with Gasteiger partial charge >= 0.3 is 0 Å². The van der Waals surface area contributed by atoms with E-state index in [-0.39, 0.29) is 5.91 Å². The third-order valence-electron chi connectivity index (χ3n) is 4.73. The van der Waals surface area contributed by atoms with Gasteiger partial charge in [0.2, 0.25) is 17.8 Å². The van der Waals surface area contributed by atoms with Gasteiger partial charge in [-0.2, -0.15) is 4.98 Å². The zero-order valence-electron chi connectivity index (χ0n) is 16.5. The molecule has 1 aliphatic heterocycles. The Kier molecular flexibility index (Phi) is 5.94. The van der Waals surface area contributed by atoms with Crippen LogP contribution in [0.4, 0.5) is 29.0 Å². The predicted octanol–water partition coefficient (Wildman–Crippen LogP) is 3.55. The first-order chi connectivity index (χ1) is 14.6. The van der Waals surface area contributed by atoms with Crippen LogP contribution in [0.15, 0.2) is 54.9 Å². The molecule has 0 saturated carbocycles. The molecule has 8 nitrogen and oxygen atoms in total. The van der Waals surface area contributed by atoms with E-state index < -0.39 is 0 Å². The maximum absolute atomic E-state index is 11.3. The summed E-state index contributed by atoms with van der Waals surface area (Å²) in [6.45, 7) is 4.79. The van der Waals surface area contributed by atoms with Crippen molar-refractivity contribution < 1.29 is 4.79 Å². The first-order valence-electron chi connectivity index (χ1n) is 9.66. The third-order valence-corrected chi connectivity index (χ3v) is 4.97. The Morgan fingerprint density at radius 3 is 2.47 bits per heavy atom. The average molecular weight is 424 g/mol. The lowest BCUT2D eigenvalue weighted by Gasteiger charge is -2.36. The van der Waals surface area contributed by atoms with E-state index >= 15 is 0 Å². The summed E-state index contributed by atoms with van der Waals surface area (Å²) in [6.07, 6.45) is 1.51. The van der Waals surface area contributed by atoms with Gasteiger partial charge in [0.15, 0.2) is 0 Å². The van der Waals surface area contributed by atoms with E-state index in [0.29, 0.717) is 17.6 Å². The standard InChI is InChI=1S/C21H22ClN7O/c1-15(30)25-17-5-3-6-18(13-17)26-20-23-14-24-21(27-20)29-10-8-28(9-11-29)19-7-2-4-16(22)12-19/h2-7,12-14H,8-11H2,1H3,(H,25,30)(H,23,24,26,27). The Labute approximate surface area is 179 Å². The molecule has 1 aromatic heterocycles. The molecular weight excluding hydrogens is 402 g/mol. The second kappa shape index (κ2) is 8.96. The van der Waals surface area contributed by atoms with E-state index in [0.717, 1.165) is 42.6 Å². The van der Waals surface area contributed by atoms with Crippen LogP contribution in [0.1, 0.15) is 6.92 Å². The molecule has 154 valence electrons. The number of anilines is 5. The largest absolute Gasteiger partial charge is 0.368 e. The summed E-state index contributed by atoms with van der Waals surface area (Å²) in [5.74, 6) is 0.972. The van der Waals surface area contributed by atoms with Gasteiger partial charge in [-0.3, -0.25) is 4.79 Å². The Hall–Kier alpha value is -3.39. The average Bonchev–Trinajstić information content (AvgIpc) is 2.74. The zero-order valence-corrected chi connectivity index (χ0v) is 17.3. The highest BCUT2D eigenvalue weighted by atomic mass is 35.5. The minimum absolute atomic E-state index is 0.119. The highest BCUT2D eigenvalue weighted by Crippen LogP contribution is 2.23. The maximum Gasteiger partial charge on any atom is 0.231 e. The highest BCUT2D eigenvalue weighted by Gasteiger charge is 2.20. The topological polar surface area (TPSA) is 86.3 Å². The first-order valence-corrected chi connectivity index (χ1v) is 10.0. The molecule has 0 spiro atoms. The summed E-state index contributed by atoms with van der Waals surface area (Å²) in [6, 6.07) is 15.3. The van der Waals surface area contributed by atoms with Gasteiger partial charge < -0.3 is 20.4 Å². The van der Waals surface area contributed by atoms with Gasteiger partial charge in [-0.05, 0) is 36.4 Å². The Balaban J connectivity index is 1.41. The fourth-order valence-corrected chi connectivity index (χ4v) is 3.53. The lowest BCUT2D eigenvalue weighted by molar-refractivity contribution is -0.114.